The Morgan fingerprint density at radius 1 is 0.700 bits per heavy atom. The van der Waals surface area contributed by atoms with Gasteiger partial charge in [-0.15, -0.1) is 0 Å². The summed E-state index contributed by atoms with van der Waals surface area (Å²) in [6.45, 7) is 0. The Hall–Kier alpha value is -4.60. The van der Waals surface area contributed by atoms with Gasteiger partial charge in [0.05, 0.1) is 33.4 Å². The zero-order chi connectivity index (χ0) is 21.7. The summed E-state index contributed by atoms with van der Waals surface area (Å²) < 4.78 is 0. The maximum atomic E-state index is 10.7. The van der Waals surface area contributed by atoms with Crippen LogP contribution in [0.3, 0.4) is 0 Å². The molecule has 0 fully saturated rings. The standard InChI is InChI=1S/C20H14N4O6/c25-19-9-15(23(27)28)7-5-13(19)11-21-17-3-1-2-4-18(17)22-12-14-6-8-16(24(29)30)10-20(14)26/h1-12,25-26H. The number of phenols is 2. The number of benzene rings is 3. The van der Waals surface area contributed by atoms with Crippen molar-refractivity contribution in [2.24, 2.45) is 9.98 Å². The van der Waals surface area contributed by atoms with Crippen LogP contribution in [0.1, 0.15) is 11.1 Å². The Labute approximate surface area is 169 Å². The molecule has 0 saturated carbocycles. The van der Waals surface area contributed by atoms with Gasteiger partial charge >= 0.3 is 0 Å². The number of nitrogens with zero attached hydrogens (tertiary/aromatic N) is 4. The summed E-state index contributed by atoms with van der Waals surface area (Å²) in [4.78, 5) is 28.8. The zero-order valence-corrected chi connectivity index (χ0v) is 15.2. The zero-order valence-electron chi connectivity index (χ0n) is 15.2. The quantitative estimate of drug-likeness (QED) is 0.351. The maximum Gasteiger partial charge on any atom is 0.273 e. The van der Waals surface area contributed by atoms with Gasteiger partial charge < -0.3 is 10.2 Å². The third-order valence-corrected chi connectivity index (χ3v) is 4.02. The Morgan fingerprint density at radius 3 is 1.43 bits per heavy atom. The molecular formula is C20H14N4O6. The molecule has 0 aliphatic heterocycles. The van der Waals surface area contributed by atoms with Crippen LogP contribution in [0.25, 0.3) is 0 Å². The van der Waals surface area contributed by atoms with Gasteiger partial charge in [-0.25, -0.2) is 0 Å². The van der Waals surface area contributed by atoms with Gasteiger partial charge in [0.15, 0.2) is 0 Å². The number of para-hydroxylation sites is 2. The van der Waals surface area contributed by atoms with Crippen LogP contribution in [0.4, 0.5) is 22.7 Å². The van der Waals surface area contributed by atoms with Crippen molar-refractivity contribution in [1.82, 2.24) is 0 Å². The van der Waals surface area contributed by atoms with Crippen LogP contribution in [0, 0.1) is 20.2 Å². The molecule has 3 aromatic rings. The van der Waals surface area contributed by atoms with Crippen molar-refractivity contribution in [3.8, 4) is 11.5 Å². The number of hydrogen-bond acceptors (Lipinski definition) is 8. The first-order valence-corrected chi connectivity index (χ1v) is 8.47. The molecule has 0 aliphatic rings. The largest absolute Gasteiger partial charge is 0.507 e. The second kappa shape index (κ2) is 8.61. The Balaban J connectivity index is 1.86. The van der Waals surface area contributed by atoms with Gasteiger partial charge in [0.2, 0.25) is 0 Å². The van der Waals surface area contributed by atoms with Gasteiger partial charge in [0.1, 0.15) is 11.5 Å². The van der Waals surface area contributed by atoms with Crippen LogP contribution in [-0.2, 0) is 0 Å². The summed E-state index contributed by atoms with van der Waals surface area (Å²) in [7, 11) is 0. The van der Waals surface area contributed by atoms with Crippen LogP contribution in [-0.4, -0.2) is 32.5 Å². The van der Waals surface area contributed by atoms with E-state index < -0.39 is 9.85 Å². The molecule has 3 rings (SSSR count). The van der Waals surface area contributed by atoms with Gasteiger partial charge in [0.25, 0.3) is 11.4 Å². The van der Waals surface area contributed by atoms with E-state index in [2.05, 4.69) is 9.98 Å². The van der Waals surface area contributed by atoms with Gasteiger partial charge in [-0.3, -0.25) is 30.2 Å². The monoisotopic (exact) mass is 406 g/mol. The summed E-state index contributed by atoms with van der Waals surface area (Å²) in [5, 5.41) is 41.4. The molecule has 10 heteroatoms. The van der Waals surface area contributed by atoms with E-state index in [1.165, 1.54) is 36.7 Å². The van der Waals surface area contributed by atoms with Crippen LogP contribution < -0.4 is 0 Å². The number of non-ortho nitro benzene ring substituents is 2. The molecule has 0 radical (unpaired) electrons. The van der Waals surface area contributed by atoms with E-state index in [1.807, 2.05) is 0 Å². The number of nitro groups is 2. The highest BCUT2D eigenvalue weighted by atomic mass is 16.6. The summed E-state index contributed by atoms with van der Waals surface area (Å²) >= 11 is 0. The summed E-state index contributed by atoms with van der Waals surface area (Å²) in [6.07, 6.45) is 2.69. The lowest BCUT2D eigenvalue weighted by Gasteiger charge is -2.02. The molecule has 0 bridgehead atoms. The smallest absolute Gasteiger partial charge is 0.273 e. The van der Waals surface area contributed by atoms with E-state index in [4.69, 9.17) is 0 Å². The van der Waals surface area contributed by atoms with Crippen molar-refractivity contribution >= 4 is 35.2 Å². The fourth-order valence-electron chi connectivity index (χ4n) is 2.47. The molecule has 0 spiro atoms. The number of nitro benzene ring substituents is 2. The van der Waals surface area contributed by atoms with Crippen molar-refractivity contribution in [3.63, 3.8) is 0 Å². The van der Waals surface area contributed by atoms with Crippen LogP contribution in [0.5, 0.6) is 11.5 Å². The van der Waals surface area contributed by atoms with E-state index in [0.29, 0.717) is 11.4 Å². The number of phenolic OH excluding ortho intramolecular Hbond substituents is 2. The van der Waals surface area contributed by atoms with Gasteiger partial charge in [-0.2, -0.15) is 0 Å². The van der Waals surface area contributed by atoms with E-state index in [1.54, 1.807) is 24.3 Å². The van der Waals surface area contributed by atoms with E-state index in [-0.39, 0.29) is 34.0 Å². The predicted octanol–water partition coefficient (Wildman–Crippen LogP) is 4.42. The SMILES string of the molecule is O=[N+]([O-])c1ccc(C=Nc2ccccc2N=Cc2ccc([N+](=O)[O-])cc2O)c(O)c1. The average molecular weight is 406 g/mol. The number of aliphatic imine (C=N–C) groups is 2. The molecule has 0 heterocycles. The maximum absolute atomic E-state index is 10.7. The third-order valence-electron chi connectivity index (χ3n) is 4.02. The van der Waals surface area contributed by atoms with Gasteiger partial charge in [-0.05, 0) is 24.3 Å². The molecule has 150 valence electrons. The minimum Gasteiger partial charge on any atom is -0.507 e. The lowest BCUT2D eigenvalue weighted by atomic mass is 10.2. The van der Waals surface area contributed by atoms with Gasteiger partial charge in [0, 0.05) is 35.7 Å². The second-order valence-electron chi connectivity index (χ2n) is 6.01. The molecule has 2 N–H and O–H groups in total. The van der Waals surface area contributed by atoms with Crippen LogP contribution >= 0.6 is 0 Å². The number of hydrogen-bond donors (Lipinski definition) is 2. The Kier molecular flexibility index (Phi) is 5.78. The number of aromatic hydroxyl groups is 2. The van der Waals surface area contributed by atoms with Crippen molar-refractivity contribution < 1.29 is 20.1 Å². The predicted molar refractivity (Wildman–Crippen MR) is 110 cm³/mol. The van der Waals surface area contributed by atoms with Crippen molar-refractivity contribution in [2.45, 2.75) is 0 Å². The molecule has 0 amide bonds. The molecular weight excluding hydrogens is 392 g/mol. The third kappa shape index (κ3) is 4.62. The van der Waals surface area contributed by atoms with Gasteiger partial charge in [-0.1, -0.05) is 12.1 Å². The van der Waals surface area contributed by atoms with E-state index >= 15 is 0 Å². The first kappa shape index (κ1) is 20.1. The highest BCUT2D eigenvalue weighted by Crippen LogP contribution is 2.29. The van der Waals surface area contributed by atoms with E-state index in [9.17, 15) is 30.4 Å². The minimum atomic E-state index is -0.613. The van der Waals surface area contributed by atoms with Crippen molar-refractivity contribution in [2.75, 3.05) is 0 Å². The molecule has 0 aromatic heterocycles. The minimum absolute atomic E-state index is 0.238. The number of rotatable bonds is 6. The molecule has 30 heavy (non-hydrogen) atoms. The summed E-state index contributed by atoms with van der Waals surface area (Å²) in [5.74, 6) is -0.575. The lowest BCUT2D eigenvalue weighted by Crippen LogP contribution is -1.90. The molecule has 0 atom stereocenters. The van der Waals surface area contributed by atoms with Crippen molar-refractivity contribution in [3.05, 3.63) is 92.0 Å². The molecule has 0 saturated heterocycles. The second-order valence-corrected chi connectivity index (χ2v) is 6.01. The summed E-state index contributed by atoms with van der Waals surface area (Å²) in [5.41, 5.74) is 0.968. The van der Waals surface area contributed by atoms with E-state index in [0.717, 1.165) is 12.1 Å². The normalized spacial score (nSPS) is 11.2. The lowest BCUT2D eigenvalue weighted by molar-refractivity contribution is -0.385. The molecule has 3 aromatic carbocycles. The average Bonchev–Trinajstić information content (AvgIpc) is 2.72. The fourth-order valence-corrected chi connectivity index (χ4v) is 2.47. The first-order valence-electron chi connectivity index (χ1n) is 8.47. The first-order chi connectivity index (χ1) is 14.3. The fraction of sp³-hybridized carbons (Fsp3) is 0. The Bertz CT molecular complexity index is 1100. The topological polar surface area (TPSA) is 151 Å². The molecule has 0 unspecified atom stereocenters. The molecule has 10 nitrogen and oxygen atoms in total. The summed E-state index contributed by atoms with van der Waals surface area (Å²) in [6, 6.07) is 14.1. The molecule has 0 aliphatic carbocycles. The highest BCUT2D eigenvalue weighted by molar-refractivity contribution is 5.89. The highest BCUT2D eigenvalue weighted by Gasteiger charge is 2.10. The Morgan fingerprint density at radius 2 is 1.10 bits per heavy atom. The van der Waals surface area contributed by atoms with Crippen molar-refractivity contribution in [1.29, 1.82) is 0 Å². The van der Waals surface area contributed by atoms with Crippen LogP contribution in [0.15, 0.2) is 70.6 Å². The van der Waals surface area contributed by atoms with Crippen LogP contribution in [0.2, 0.25) is 0 Å².